The molecule has 264 valence electrons. The smallest absolute Gasteiger partial charge is 0.303 e. The molecule has 0 aromatic heterocycles. The summed E-state index contributed by atoms with van der Waals surface area (Å²) < 4.78 is 66.9. The van der Waals surface area contributed by atoms with Gasteiger partial charge >= 0.3 is 41.8 Å². The first-order chi connectivity index (χ1) is 21.9. The third kappa shape index (κ3) is 10.3. The molecule has 3 saturated heterocycles. The first kappa shape index (κ1) is 37.5. The fourth-order valence-electron chi connectivity index (χ4n) is 5.13. The monoisotopic (exact) mass is 678 g/mol. The summed E-state index contributed by atoms with van der Waals surface area (Å²) in [5.74, 6) is -7.74. The van der Waals surface area contributed by atoms with Crippen molar-refractivity contribution in [2.45, 2.75) is 123 Å². The van der Waals surface area contributed by atoms with E-state index in [-0.39, 0.29) is 0 Å². The topological polar surface area (TPSA) is 230 Å². The van der Waals surface area contributed by atoms with Crippen molar-refractivity contribution < 1.29 is 90.4 Å². The Morgan fingerprint density at radius 3 is 1.38 bits per heavy atom. The highest BCUT2D eigenvalue weighted by atomic mass is 17.0. The lowest BCUT2D eigenvalue weighted by molar-refractivity contribution is -0.420. The summed E-state index contributed by atoms with van der Waals surface area (Å²) in [6, 6.07) is 0. The molecule has 0 spiro atoms. The molecule has 19 nitrogen and oxygen atoms in total. The van der Waals surface area contributed by atoms with Crippen LogP contribution in [0.2, 0.25) is 0 Å². The Labute approximate surface area is 268 Å². The van der Waals surface area contributed by atoms with E-state index in [9.17, 15) is 33.6 Å². The molecule has 0 aromatic rings. The molecular formula is C28H38O19. The summed E-state index contributed by atoms with van der Waals surface area (Å²) in [6.45, 7) is 7.90. The van der Waals surface area contributed by atoms with Crippen molar-refractivity contribution in [3.63, 3.8) is 0 Å². The molecule has 3 aliphatic heterocycles. The number of ether oxygens (including phenoxy) is 12. The van der Waals surface area contributed by atoms with Gasteiger partial charge < -0.3 is 47.4 Å². The maximum atomic E-state index is 12.2. The number of carbonyl (C=O) groups is 7. The van der Waals surface area contributed by atoms with Crippen LogP contribution in [0.3, 0.4) is 0 Å². The lowest BCUT2D eigenvalue weighted by atomic mass is 9.98. The van der Waals surface area contributed by atoms with Crippen LogP contribution in [0.25, 0.3) is 0 Å². The maximum absolute atomic E-state index is 12.2. The SMILES string of the molecule is CC(=O)OC[C@H]1O[C@@H](OC2(C)O[C@H]3O[C@H](COC(C)=O)[C@@H](OC(C)=O)[C@H](OC(C)=O)[C@H]3O2)[C@H](OC(C)=O)[C@@H](OC(C)=O)[C@@H]1OC(C)=O. The molecule has 0 saturated carbocycles. The van der Waals surface area contributed by atoms with Crippen molar-refractivity contribution in [2.24, 2.45) is 0 Å². The van der Waals surface area contributed by atoms with Crippen LogP contribution in [0, 0.1) is 0 Å². The third-order valence-corrected chi connectivity index (χ3v) is 6.60. The zero-order valence-electron chi connectivity index (χ0n) is 26.9. The molecule has 3 aliphatic rings. The standard InChI is InChI=1S/C28H38O19/c1-11(29)36-9-18-20(38-13(3)31)22(40-15(5)33)24(42-17(7)35)26(43-18)46-28(8)45-25-23(41-16(6)34)21(39-14(4)32)19(10-37-12(2)30)44-27(25)47-28/h18-27H,9-10H2,1-8H3/t18-,19-,20-,21-,22+,23+,24-,25-,26+,27-,28?/m1/s1. The normalized spacial score (nSPS) is 34.6. The van der Waals surface area contributed by atoms with Gasteiger partial charge in [-0.1, -0.05) is 0 Å². The number of fused-ring (bicyclic) bond motifs is 1. The van der Waals surface area contributed by atoms with E-state index in [0.29, 0.717) is 0 Å². The zero-order chi connectivity index (χ0) is 35.2. The van der Waals surface area contributed by atoms with E-state index in [2.05, 4.69) is 0 Å². The minimum atomic E-state index is -2.19. The maximum Gasteiger partial charge on any atom is 0.303 e. The lowest BCUT2D eigenvalue weighted by Gasteiger charge is -2.45. The van der Waals surface area contributed by atoms with Crippen LogP contribution in [0.15, 0.2) is 0 Å². The molecule has 0 radical (unpaired) electrons. The van der Waals surface area contributed by atoms with E-state index in [1.807, 2.05) is 0 Å². The Balaban J connectivity index is 1.99. The predicted molar refractivity (Wildman–Crippen MR) is 144 cm³/mol. The Bertz CT molecular complexity index is 1220. The Hall–Kier alpha value is -3.91. The van der Waals surface area contributed by atoms with Gasteiger partial charge in [-0.15, -0.1) is 0 Å². The minimum absolute atomic E-state index is 0.436. The molecule has 3 rings (SSSR count). The second-order valence-corrected chi connectivity index (χ2v) is 10.7. The molecule has 0 amide bonds. The first-order valence-electron chi connectivity index (χ1n) is 14.4. The number of hydrogen-bond acceptors (Lipinski definition) is 19. The summed E-state index contributed by atoms with van der Waals surface area (Å²) >= 11 is 0. The number of rotatable bonds is 11. The van der Waals surface area contributed by atoms with Crippen LogP contribution in [0.1, 0.15) is 55.4 Å². The summed E-state index contributed by atoms with van der Waals surface area (Å²) in [4.78, 5) is 83.6. The summed E-state index contributed by atoms with van der Waals surface area (Å²) in [5, 5.41) is 0. The van der Waals surface area contributed by atoms with Crippen molar-refractivity contribution in [3.8, 4) is 0 Å². The second kappa shape index (κ2) is 15.8. The average molecular weight is 679 g/mol. The minimum Gasteiger partial charge on any atom is -0.463 e. The fraction of sp³-hybridized carbons (Fsp3) is 0.750. The zero-order valence-corrected chi connectivity index (χ0v) is 26.9. The van der Waals surface area contributed by atoms with Gasteiger partial charge in [-0.3, -0.25) is 43.0 Å². The van der Waals surface area contributed by atoms with Gasteiger partial charge in [-0.25, -0.2) is 0 Å². The fourth-order valence-corrected chi connectivity index (χ4v) is 5.13. The van der Waals surface area contributed by atoms with Crippen molar-refractivity contribution >= 4 is 41.8 Å². The van der Waals surface area contributed by atoms with E-state index in [4.69, 9.17) is 56.8 Å². The molecule has 0 aromatic carbocycles. The quantitative estimate of drug-likeness (QED) is 0.195. The molecule has 1 unspecified atom stereocenters. The van der Waals surface area contributed by atoms with Gasteiger partial charge in [-0.2, -0.15) is 0 Å². The van der Waals surface area contributed by atoms with E-state index in [0.717, 1.165) is 48.5 Å². The molecule has 0 bridgehead atoms. The van der Waals surface area contributed by atoms with Crippen LogP contribution >= 0.6 is 0 Å². The van der Waals surface area contributed by atoms with E-state index >= 15 is 0 Å². The van der Waals surface area contributed by atoms with Gasteiger partial charge in [0, 0.05) is 55.4 Å². The van der Waals surface area contributed by atoms with Crippen LogP contribution in [-0.4, -0.2) is 122 Å². The van der Waals surface area contributed by atoms with Crippen LogP contribution in [-0.2, 0) is 90.4 Å². The van der Waals surface area contributed by atoms with Crippen molar-refractivity contribution in [1.82, 2.24) is 0 Å². The van der Waals surface area contributed by atoms with Gasteiger partial charge in [0.05, 0.1) is 0 Å². The Morgan fingerprint density at radius 2 is 0.915 bits per heavy atom. The predicted octanol–water partition coefficient (Wildman–Crippen LogP) is -0.673. The molecule has 0 N–H and O–H groups in total. The molecule has 11 atom stereocenters. The number of esters is 7. The first-order valence-corrected chi connectivity index (χ1v) is 14.4. The van der Waals surface area contributed by atoms with Crippen molar-refractivity contribution in [1.29, 1.82) is 0 Å². The summed E-state index contributed by atoms with van der Waals surface area (Å²) in [5.41, 5.74) is 0. The Kier molecular flexibility index (Phi) is 12.6. The highest BCUT2D eigenvalue weighted by Crippen LogP contribution is 2.42. The van der Waals surface area contributed by atoms with E-state index < -0.39 is 122 Å². The number of hydrogen-bond donors (Lipinski definition) is 0. The third-order valence-electron chi connectivity index (χ3n) is 6.60. The van der Waals surface area contributed by atoms with Crippen LogP contribution in [0.5, 0.6) is 0 Å². The number of carbonyl (C=O) groups excluding carboxylic acids is 7. The van der Waals surface area contributed by atoms with E-state index in [1.165, 1.54) is 6.92 Å². The average Bonchev–Trinajstić information content (AvgIpc) is 3.25. The summed E-state index contributed by atoms with van der Waals surface area (Å²) in [7, 11) is 0. The highest BCUT2D eigenvalue weighted by molar-refractivity contribution is 5.69. The van der Waals surface area contributed by atoms with Gasteiger partial charge in [0.15, 0.2) is 42.9 Å². The van der Waals surface area contributed by atoms with Crippen molar-refractivity contribution in [2.75, 3.05) is 13.2 Å². The lowest BCUT2D eigenvalue weighted by Crippen LogP contribution is -2.64. The molecule has 47 heavy (non-hydrogen) atoms. The second-order valence-electron chi connectivity index (χ2n) is 10.7. The van der Waals surface area contributed by atoms with Crippen LogP contribution < -0.4 is 0 Å². The molecule has 19 heteroatoms. The van der Waals surface area contributed by atoms with E-state index in [1.54, 1.807) is 0 Å². The van der Waals surface area contributed by atoms with Gasteiger partial charge in [-0.05, 0) is 0 Å². The van der Waals surface area contributed by atoms with Crippen molar-refractivity contribution in [3.05, 3.63) is 0 Å². The van der Waals surface area contributed by atoms with Gasteiger partial charge in [0.1, 0.15) is 25.4 Å². The largest absolute Gasteiger partial charge is 0.463 e. The summed E-state index contributed by atoms with van der Waals surface area (Å²) in [6.07, 6.45) is -14.4. The van der Waals surface area contributed by atoms with Gasteiger partial charge in [0.25, 0.3) is 5.97 Å². The Morgan fingerprint density at radius 1 is 0.511 bits per heavy atom. The molecule has 3 heterocycles. The van der Waals surface area contributed by atoms with Gasteiger partial charge in [0.2, 0.25) is 6.29 Å². The highest BCUT2D eigenvalue weighted by Gasteiger charge is 2.62. The molecule has 0 aliphatic carbocycles. The van der Waals surface area contributed by atoms with Crippen LogP contribution in [0.4, 0.5) is 0 Å². The molecule has 3 fully saturated rings. The molecular weight excluding hydrogens is 640 g/mol.